The summed E-state index contributed by atoms with van der Waals surface area (Å²) in [5.41, 5.74) is 6.90. The molecule has 0 bridgehead atoms. The fraction of sp³-hybridized carbons (Fsp3) is 0.571. The van der Waals surface area contributed by atoms with Crippen molar-refractivity contribution in [3.05, 3.63) is 17.2 Å². The third-order valence-corrected chi connectivity index (χ3v) is 4.84. The van der Waals surface area contributed by atoms with Gasteiger partial charge in [-0.15, -0.1) is 10.2 Å². The third kappa shape index (κ3) is 2.88. The van der Waals surface area contributed by atoms with Gasteiger partial charge in [-0.2, -0.15) is 0 Å². The molecule has 2 N–H and O–H groups in total. The van der Waals surface area contributed by atoms with Gasteiger partial charge in [-0.3, -0.25) is 0 Å². The molecule has 7 heteroatoms. The molecule has 3 rings (SSSR count). The zero-order chi connectivity index (χ0) is 14.8. The van der Waals surface area contributed by atoms with Gasteiger partial charge in [-0.1, -0.05) is 13.3 Å². The quantitative estimate of drug-likeness (QED) is 0.877. The molecular formula is C14H20N6S. The largest absolute Gasteiger partial charge is 0.383 e. The molecule has 112 valence electrons. The smallest absolute Gasteiger partial charge is 0.197 e. The summed E-state index contributed by atoms with van der Waals surface area (Å²) in [6, 6.07) is 0. The zero-order valence-corrected chi connectivity index (χ0v) is 13.3. The van der Waals surface area contributed by atoms with Gasteiger partial charge < -0.3 is 10.3 Å². The van der Waals surface area contributed by atoms with Crippen LogP contribution in [0, 0.1) is 6.92 Å². The normalized spacial score (nSPS) is 14.8. The van der Waals surface area contributed by atoms with Gasteiger partial charge in [0.1, 0.15) is 22.5 Å². The molecule has 0 fully saturated rings. The Balaban J connectivity index is 1.94. The van der Waals surface area contributed by atoms with E-state index in [1.54, 1.807) is 11.8 Å². The van der Waals surface area contributed by atoms with Crippen molar-refractivity contribution in [3.8, 4) is 0 Å². The first-order valence-electron chi connectivity index (χ1n) is 7.42. The number of nitrogens with two attached hydrogens (primary N) is 1. The molecule has 1 aliphatic rings. The van der Waals surface area contributed by atoms with Crippen LogP contribution in [0.3, 0.4) is 0 Å². The van der Waals surface area contributed by atoms with Crippen molar-refractivity contribution in [2.24, 2.45) is 0 Å². The molecule has 2 aromatic heterocycles. The van der Waals surface area contributed by atoms with Crippen LogP contribution in [0.4, 0.5) is 5.82 Å². The predicted molar refractivity (Wildman–Crippen MR) is 82.3 cm³/mol. The Morgan fingerprint density at radius 3 is 2.86 bits per heavy atom. The number of fused-ring (bicyclic) bond motifs is 1. The van der Waals surface area contributed by atoms with E-state index in [-0.39, 0.29) is 0 Å². The van der Waals surface area contributed by atoms with E-state index in [4.69, 9.17) is 5.73 Å². The van der Waals surface area contributed by atoms with Crippen LogP contribution in [0.2, 0.25) is 0 Å². The maximum Gasteiger partial charge on any atom is 0.197 e. The summed E-state index contributed by atoms with van der Waals surface area (Å²) in [6.07, 6.45) is 5.42. The van der Waals surface area contributed by atoms with Gasteiger partial charge in [0.15, 0.2) is 5.16 Å². The fourth-order valence-electron chi connectivity index (χ4n) is 2.44. The molecule has 1 aliphatic heterocycles. The third-order valence-electron chi connectivity index (χ3n) is 3.76. The molecular weight excluding hydrogens is 284 g/mol. The minimum Gasteiger partial charge on any atom is -0.383 e. The first-order valence-corrected chi connectivity index (χ1v) is 8.23. The highest BCUT2D eigenvalue weighted by molar-refractivity contribution is 7.99. The van der Waals surface area contributed by atoms with E-state index < -0.39 is 0 Å². The molecule has 21 heavy (non-hydrogen) atoms. The minimum atomic E-state index is 0.556. The van der Waals surface area contributed by atoms with Crippen LogP contribution >= 0.6 is 11.8 Å². The van der Waals surface area contributed by atoms with Gasteiger partial charge in [-0.05, 0) is 31.5 Å². The SMILES string of the molecule is CCc1nc(N)c(C)c(Sc2nnc3n2CCCCC3)n1. The van der Waals surface area contributed by atoms with E-state index in [9.17, 15) is 0 Å². The minimum absolute atomic E-state index is 0.556. The number of anilines is 1. The standard InChI is InChI=1S/C14H20N6S/c1-3-10-16-12(15)9(2)13(17-10)21-14-19-18-11-7-5-4-6-8-20(11)14/h3-8H2,1-2H3,(H2,15,16,17). The van der Waals surface area contributed by atoms with E-state index in [0.717, 1.165) is 46.8 Å². The molecule has 0 amide bonds. The van der Waals surface area contributed by atoms with Gasteiger partial charge >= 0.3 is 0 Å². The molecule has 0 spiro atoms. The lowest BCUT2D eigenvalue weighted by molar-refractivity contribution is 0.590. The Morgan fingerprint density at radius 2 is 2.05 bits per heavy atom. The van der Waals surface area contributed by atoms with Gasteiger partial charge in [0.25, 0.3) is 0 Å². The van der Waals surface area contributed by atoms with Crippen molar-refractivity contribution in [2.45, 2.75) is 62.7 Å². The highest BCUT2D eigenvalue weighted by Crippen LogP contribution is 2.31. The van der Waals surface area contributed by atoms with Gasteiger partial charge in [-0.25, -0.2) is 9.97 Å². The lowest BCUT2D eigenvalue weighted by atomic mass is 10.2. The van der Waals surface area contributed by atoms with E-state index in [2.05, 4.69) is 24.7 Å². The van der Waals surface area contributed by atoms with Crippen LogP contribution in [0.1, 0.15) is 43.4 Å². The molecule has 0 aromatic carbocycles. The fourth-order valence-corrected chi connectivity index (χ4v) is 3.41. The summed E-state index contributed by atoms with van der Waals surface area (Å²) < 4.78 is 2.22. The first-order chi connectivity index (χ1) is 10.2. The van der Waals surface area contributed by atoms with Crippen LogP contribution in [0.5, 0.6) is 0 Å². The molecule has 6 nitrogen and oxygen atoms in total. The molecule has 0 saturated heterocycles. The monoisotopic (exact) mass is 304 g/mol. The Bertz CT molecular complexity index is 651. The number of aryl methyl sites for hydroxylation is 2. The highest BCUT2D eigenvalue weighted by Gasteiger charge is 2.18. The van der Waals surface area contributed by atoms with E-state index in [1.807, 2.05) is 13.8 Å². The summed E-state index contributed by atoms with van der Waals surface area (Å²) >= 11 is 1.55. The number of hydrogen-bond acceptors (Lipinski definition) is 6. The van der Waals surface area contributed by atoms with Crippen LogP contribution in [-0.4, -0.2) is 24.7 Å². The number of hydrogen-bond donors (Lipinski definition) is 1. The predicted octanol–water partition coefficient (Wildman–Crippen LogP) is 2.40. The maximum absolute atomic E-state index is 5.98. The molecule has 0 atom stereocenters. The van der Waals surface area contributed by atoms with Gasteiger partial charge in [0.2, 0.25) is 0 Å². The lowest BCUT2D eigenvalue weighted by Crippen LogP contribution is -2.05. The van der Waals surface area contributed by atoms with Crippen LogP contribution in [0.15, 0.2) is 10.2 Å². The van der Waals surface area contributed by atoms with Crippen molar-refractivity contribution in [1.82, 2.24) is 24.7 Å². The topological polar surface area (TPSA) is 82.5 Å². The Kier molecular flexibility index (Phi) is 4.10. The van der Waals surface area contributed by atoms with Gasteiger partial charge in [0, 0.05) is 24.9 Å². The summed E-state index contributed by atoms with van der Waals surface area (Å²) in [6.45, 7) is 4.98. The van der Waals surface area contributed by atoms with Crippen molar-refractivity contribution >= 4 is 17.6 Å². The second-order valence-electron chi connectivity index (χ2n) is 5.27. The number of rotatable bonds is 3. The van der Waals surface area contributed by atoms with E-state index in [1.165, 1.54) is 19.3 Å². The van der Waals surface area contributed by atoms with Crippen molar-refractivity contribution in [3.63, 3.8) is 0 Å². The lowest BCUT2D eigenvalue weighted by Gasteiger charge is -2.10. The average molecular weight is 304 g/mol. The maximum atomic E-state index is 5.98. The number of aromatic nitrogens is 5. The summed E-state index contributed by atoms with van der Waals surface area (Å²) in [7, 11) is 0. The van der Waals surface area contributed by atoms with Crippen LogP contribution in [-0.2, 0) is 19.4 Å². The van der Waals surface area contributed by atoms with Crippen molar-refractivity contribution < 1.29 is 0 Å². The number of nitrogen functional groups attached to an aromatic ring is 1. The van der Waals surface area contributed by atoms with Crippen molar-refractivity contribution in [2.75, 3.05) is 5.73 Å². The Morgan fingerprint density at radius 1 is 1.19 bits per heavy atom. The molecule has 0 radical (unpaired) electrons. The molecule has 3 heterocycles. The summed E-state index contributed by atoms with van der Waals surface area (Å²) in [5, 5.41) is 10.5. The summed E-state index contributed by atoms with van der Waals surface area (Å²) in [4.78, 5) is 8.88. The van der Waals surface area contributed by atoms with Gasteiger partial charge in [0.05, 0.1) is 0 Å². The van der Waals surface area contributed by atoms with E-state index in [0.29, 0.717) is 5.82 Å². The second-order valence-corrected chi connectivity index (χ2v) is 6.23. The molecule has 0 aliphatic carbocycles. The van der Waals surface area contributed by atoms with E-state index >= 15 is 0 Å². The highest BCUT2D eigenvalue weighted by atomic mass is 32.2. The first kappa shape index (κ1) is 14.3. The number of nitrogens with zero attached hydrogens (tertiary/aromatic N) is 5. The Labute approximate surface area is 128 Å². The second kappa shape index (κ2) is 6.01. The van der Waals surface area contributed by atoms with Crippen LogP contribution in [0.25, 0.3) is 0 Å². The molecule has 2 aromatic rings. The zero-order valence-electron chi connectivity index (χ0n) is 12.5. The van der Waals surface area contributed by atoms with Crippen molar-refractivity contribution in [1.29, 1.82) is 0 Å². The summed E-state index contributed by atoms with van der Waals surface area (Å²) in [5.74, 6) is 2.42. The molecule has 0 unspecified atom stereocenters. The Hall–Kier alpha value is -1.63. The average Bonchev–Trinajstić information content (AvgIpc) is 2.71. The van der Waals surface area contributed by atoms with Crippen LogP contribution < -0.4 is 5.73 Å². The molecule has 0 saturated carbocycles.